The quantitative estimate of drug-likeness (QED) is 0.782. The third-order valence-corrected chi connectivity index (χ3v) is 3.43. The topological polar surface area (TPSA) is 40.5 Å². The molecule has 0 bridgehead atoms. The number of hydrogen-bond acceptors (Lipinski definition) is 2. The first-order valence-electron chi connectivity index (χ1n) is 5.17. The molecule has 82 valence electrons. The largest absolute Gasteiger partial charge is 0.481 e. The zero-order chi connectivity index (χ0) is 9.42. The van der Waals surface area contributed by atoms with Crippen molar-refractivity contribution >= 4 is 18.4 Å². The summed E-state index contributed by atoms with van der Waals surface area (Å²) in [6, 6.07) is 0. The van der Waals surface area contributed by atoms with E-state index in [2.05, 4.69) is 11.8 Å². The Balaban J connectivity index is 0.000000980. The summed E-state index contributed by atoms with van der Waals surface area (Å²) in [6.45, 7) is 4.88. The number of hydrogen-bond donors (Lipinski definition) is 1. The zero-order valence-electron chi connectivity index (χ0n) is 8.48. The van der Waals surface area contributed by atoms with Gasteiger partial charge < -0.3 is 10.0 Å². The van der Waals surface area contributed by atoms with Crippen LogP contribution in [-0.2, 0) is 4.79 Å². The highest BCUT2D eigenvalue weighted by molar-refractivity contribution is 5.85. The molecule has 0 aromatic carbocycles. The molecule has 0 radical (unpaired) electrons. The van der Waals surface area contributed by atoms with Crippen LogP contribution in [0.1, 0.15) is 19.8 Å². The molecule has 1 aliphatic heterocycles. The Bertz CT molecular complexity index is 218. The molecule has 1 N–H and O–H groups in total. The van der Waals surface area contributed by atoms with Crippen LogP contribution in [0.4, 0.5) is 0 Å². The van der Waals surface area contributed by atoms with Gasteiger partial charge in [0.1, 0.15) is 0 Å². The number of likely N-dealkylation sites (tertiary alicyclic amines) is 1. The molecule has 1 saturated heterocycles. The smallest absolute Gasteiger partial charge is 0.308 e. The van der Waals surface area contributed by atoms with Crippen LogP contribution in [0.2, 0.25) is 0 Å². The highest BCUT2D eigenvalue weighted by atomic mass is 35.5. The van der Waals surface area contributed by atoms with E-state index >= 15 is 0 Å². The lowest BCUT2D eigenvalue weighted by Crippen LogP contribution is -2.24. The van der Waals surface area contributed by atoms with E-state index in [4.69, 9.17) is 5.11 Å². The lowest BCUT2D eigenvalue weighted by atomic mass is 9.92. The molecule has 0 aromatic rings. The first kappa shape index (κ1) is 11.8. The Kier molecular flexibility index (Phi) is 3.78. The number of carboxylic acid groups (broad SMARTS) is 1. The second-order valence-electron chi connectivity index (χ2n) is 4.30. The Hall–Kier alpha value is -0.280. The predicted molar refractivity (Wildman–Crippen MR) is 56.7 cm³/mol. The monoisotopic (exact) mass is 219 g/mol. The van der Waals surface area contributed by atoms with Crippen molar-refractivity contribution in [3.8, 4) is 0 Å². The lowest BCUT2D eigenvalue weighted by Gasteiger charge is -2.12. The summed E-state index contributed by atoms with van der Waals surface area (Å²) in [4.78, 5) is 13.2. The van der Waals surface area contributed by atoms with Gasteiger partial charge in [-0.25, -0.2) is 0 Å². The summed E-state index contributed by atoms with van der Waals surface area (Å²) >= 11 is 0. The zero-order valence-corrected chi connectivity index (χ0v) is 9.30. The summed E-state index contributed by atoms with van der Waals surface area (Å²) in [7, 11) is 0. The van der Waals surface area contributed by atoms with E-state index in [1.54, 1.807) is 0 Å². The molecule has 2 atom stereocenters. The molecule has 0 amide bonds. The minimum absolute atomic E-state index is 0. The molecule has 2 unspecified atom stereocenters. The van der Waals surface area contributed by atoms with Crippen LogP contribution < -0.4 is 0 Å². The van der Waals surface area contributed by atoms with Gasteiger partial charge >= 0.3 is 5.97 Å². The van der Waals surface area contributed by atoms with E-state index < -0.39 is 5.97 Å². The number of carboxylic acids is 1. The van der Waals surface area contributed by atoms with Crippen molar-refractivity contribution in [3.05, 3.63) is 0 Å². The van der Waals surface area contributed by atoms with Crippen LogP contribution in [0.5, 0.6) is 0 Å². The predicted octanol–water partition coefficient (Wildman–Crippen LogP) is 1.47. The molecular formula is C10H18ClNO2. The van der Waals surface area contributed by atoms with Crippen molar-refractivity contribution in [2.75, 3.05) is 19.6 Å². The van der Waals surface area contributed by atoms with Crippen molar-refractivity contribution in [2.24, 2.45) is 17.8 Å². The van der Waals surface area contributed by atoms with Crippen molar-refractivity contribution in [1.82, 2.24) is 4.90 Å². The summed E-state index contributed by atoms with van der Waals surface area (Å²) in [5.74, 6) is 0.482. The van der Waals surface area contributed by atoms with Gasteiger partial charge in [0, 0.05) is 13.1 Å². The fourth-order valence-corrected chi connectivity index (χ4v) is 2.43. The van der Waals surface area contributed by atoms with E-state index in [0.717, 1.165) is 25.6 Å². The number of aliphatic carboxylic acids is 1. The van der Waals surface area contributed by atoms with Gasteiger partial charge in [-0.1, -0.05) is 6.92 Å². The molecule has 2 fully saturated rings. The van der Waals surface area contributed by atoms with Gasteiger partial charge in [-0.05, 0) is 31.2 Å². The summed E-state index contributed by atoms with van der Waals surface area (Å²) in [6.07, 6.45) is 2.51. The average molecular weight is 220 g/mol. The minimum Gasteiger partial charge on any atom is -0.481 e. The van der Waals surface area contributed by atoms with Gasteiger partial charge in [0.25, 0.3) is 0 Å². The van der Waals surface area contributed by atoms with Gasteiger partial charge in [0.2, 0.25) is 0 Å². The Labute approximate surface area is 90.9 Å². The van der Waals surface area contributed by atoms with E-state index in [1.807, 2.05) is 0 Å². The molecule has 1 saturated carbocycles. The van der Waals surface area contributed by atoms with Crippen LogP contribution in [0.25, 0.3) is 0 Å². The van der Waals surface area contributed by atoms with E-state index in [9.17, 15) is 4.79 Å². The average Bonchev–Trinajstić information content (AvgIpc) is 2.84. The van der Waals surface area contributed by atoms with Crippen LogP contribution in [0, 0.1) is 17.8 Å². The third-order valence-electron chi connectivity index (χ3n) is 3.43. The fraction of sp³-hybridized carbons (Fsp3) is 0.900. The van der Waals surface area contributed by atoms with Gasteiger partial charge in [0.05, 0.1) is 5.92 Å². The number of carbonyl (C=O) groups is 1. The van der Waals surface area contributed by atoms with Crippen LogP contribution >= 0.6 is 12.4 Å². The Morgan fingerprint density at radius 3 is 2.50 bits per heavy atom. The molecule has 3 nitrogen and oxygen atoms in total. The van der Waals surface area contributed by atoms with Crippen molar-refractivity contribution in [3.63, 3.8) is 0 Å². The maximum atomic E-state index is 11.0. The summed E-state index contributed by atoms with van der Waals surface area (Å²) in [5.41, 5.74) is 0. The molecule has 0 aromatic heterocycles. The summed E-state index contributed by atoms with van der Waals surface area (Å²) < 4.78 is 0. The minimum atomic E-state index is -0.590. The Morgan fingerprint density at radius 1 is 1.43 bits per heavy atom. The van der Waals surface area contributed by atoms with Gasteiger partial charge in [0.15, 0.2) is 0 Å². The van der Waals surface area contributed by atoms with Gasteiger partial charge in [-0.2, -0.15) is 0 Å². The van der Waals surface area contributed by atoms with Crippen LogP contribution in [0.15, 0.2) is 0 Å². The Morgan fingerprint density at radius 2 is 2.07 bits per heavy atom. The van der Waals surface area contributed by atoms with Crippen molar-refractivity contribution in [1.29, 1.82) is 0 Å². The molecule has 1 heterocycles. The van der Waals surface area contributed by atoms with Gasteiger partial charge in [-0.15, -0.1) is 12.4 Å². The standard InChI is InChI=1S/C10H17NO2.ClH/c1-2-11-5-8(7-3-4-7)9(6-11)10(12)13;/h7-9H,2-6H2,1H3,(H,12,13);1H. The van der Waals surface area contributed by atoms with E-state index in [0.29, 0.717) is 5.92 Å². The maximum absolute atomic E-state index is 11.0. The molecule has 2 rings (SSSR count). The molecule has 0 spiro atoms. The first-order chi connectivity index (χ1) is 6.22. The van der Waals surface area contributed by atoms with Crippen molar-refractivity contribution < 1.29 is 9.90 Å². The highest BCUT2D eigenvalue weighted by Crippen LogP contribution is 2.43. The molecule has 1 aliphatic carbocycles. The van der Waals surface area contributed by atoms with Crippen molar-refractivity contribution in [2.45, 2.75) is 19.8 Å². The second kappa shape index (κ2) is 4.49. The number of nitrogens with zero attached hydrogens (tertiary/aromatic N) is 1. The first-order valence-corrected chi connectivity index (χ1v) is 5.17. The van der Waals surface area contributed by atoms with E-state index in [1.165, 1.54) is 12.8 Å². The van der Waals surface area contributed by atoms with E-state index in [-0.39, 0.29) is 18.3 Å². The third kappa shape index (κ3) is 2.20. The molecular weight excluding hydrogens is 202 g/mol. The van der Waals surface area contributed by atoms with Crippen LogP contribution in [-0.4, -0.2) is 35.6 Å². The fourth-order valence-electron chi connectivity index (χ4n) is 2.43. The second-order valence-corrected chi connectivity index (χ2v) is 4.30. The lowest BCUT2D eigenvalue weighted by molar-refractivity contribution is -0.142. The highest BCUT2D eigenvalue weighted by Gasteiger charge is 2.44. The summed E-state index contributed by atoms with van der Waals surface area (Å²) in [5, 5.41) is 9.05. The normalized spacial score (nSPS) is 32.6. The molecule has 4 heteroatoms. The molecule has 14 heavy (non-hydrogen) atoms. The molecule has 2 aliphatic rings. The number of rotatable bonds is 3. The van der Waals surface area contributed by atoms with Gasteiger partial charge in [-0.3, -0.25) is 4.79 Å². The maximum Gasteiger partial charge on any atom is 0.308 e. The SMILES string of the molecule is CCN1CC(C(=O)O)C(C2CC2)C1.Cl. The van der Waals surface area contributed by atoms with Crippen LogP contribution in [0.3, 0.4) is 0 Å². The number of halogens is 1.